The normalized spacial score (nSPS) is 29.0. The van der Waals surface area contributed by atoms with Crippen LogP contribution in [0.15, 0.2) is 54.6 Å². The molecule has 2 aromatic carbocycles. The number of para-hydroxylation sites is 1. The van der Waals surface area contributed by atoms with E-state index in [2.05, 4.69) is 5.32 Å². The third kappa shape index (κ3) is 1.38. The lowest BCUT2D eigenvalue weighted by molar-refractivity contribution is -0.499. The van der Waals surface area contributed by atoms with Crippen molar-refractivity contribution in [1.29, 1.82) is 0 Å². The van der Waals surface area contributed by atoms with E-state index in [1.165, 1.54) is 0 Å². The topological polar surface area (TPSA) is 72.2 Å². The molecule has 1 aliphatic heterocycles. The highest BCUT2D eigenvalue weighted by molar-refractivity contribution is 6.10. The number of carbonyl (C=O) groups excluding carboxylic acids is 1. The van der Waals surface area contributed by atoms with Crippen molar-refractivity contribution in [3.63, 3.8) is 0 Å². The standard InChI is InChI=1S/C16H12N2O3/c19-15-16(11-8-4-5-9-12(11)17-15)13(14(16)18(20)21)10-6-2-1-3-7-10/h1-9,13-14H,(H,17,19)/t13-,14-,16+/m0/s1. The minimum Gasteiger partial charge on any atom is -0.325 e. The molecule has 0 bridgehead atoms. The molecule has 0 aromatic heterocycles. The number of benzene rings is 2. The van der Waals surface area contributed by atoms with Crippen LogP contribution in [0.25, 0.3) is 0 Å². The van der Waals surface area contributed by atoms with E-state index in [-0.39, 0.29) is 10.8 Å². The van der Waals surface area contributed by atoms with Crippen LogP contribution in [0.3, 0.4) is 0 Å². The number of fused-ring (bicyclic) bond motifs is 2. The van der Waals surface area contributed by atoms with Crippen molar-refractivity contribution in [3.8, 4) is 0 Å². The fourth-order valence-electron chi connectivity index (χ4n) is 3.67. The highest BCUT2D eigenvalue weighted by Gasteiger charge is 2.81. The minimum atomic E-state index is -1.05. The van der Waals surface area contributed by atoms with Crippen molar-refractivity contribution in [2.75, 3.05) is 5.32 Å². The summed E-state index contributed by atoms with van der Waals surface area (Å²) in [7, 11) is 0. The van der Waals surface area contributed by atoms with Crippen molar-refractivity contribution in [2.24, 2.45) is 0 Å². The first-order chi connectivity index (χ1) is 10.2. The first-order valence-electron chi connectivity index (χ1n) is 6.76. The largest absolute Gasteiger partial charge is 0.325 e. The van der Waals surface area contributed by atoms with Crippen LogP contribution in [0.1, 0.15) is 17.0 Å². The van der Waals surface area contributed by atoms with Crippen LogP contribution in [0, 0.1) is 10.1 Å². The van der Waals surface area contributed by atoms with E-state index in [0.717, 1.165) is 11.1 Å². The predicted octanol–water partition coefficient (Wildman–Crippen LogP) is 2.32. The molecular weight excluding hydrogens is 268 g/mol. The van der Waals surface area contributed by atoms with Gasteiger partial charge in [0.05, 0.1) is 5.92 Å². The summed E-state index contributed by atoms with van der Waals surface area (Å²) in [6.45, 7) is 0. The summed E-state index contributed by atoms with van der Waals surface area (Å²) in [5.41, 5.74) is 1.21. The summed E-state index contributed by atoms with van der Waals surface area (Å²) in [6, 6.07) is 15.6. The molecule has 3 atom stereocenters. The zero-order valence-electron chi connectivity index (χ0n) is 11.0. The SMILES string of the molecule is O=C1Nc2ccccc2[C@@]12[C@@H]([N+](=O)[O-])[C@@H]2c1ccccc1. The second-order valence-corrected chi connectivity index (χ2v) is 5.49. The lowest BCUT2D eigenvalue weighted by Crippen LogP contribution is -2.26. The fraction of sp³-hybridized carbons (Fsp3) is 0.188. The highest BCUT2D eigenvalue weighted by Crippen LogP contribution is 2.65. The first kappa shape index (κ1) is 12.1. The summed E-state index contributed by atoms with van der Waals surface area (Å²) in [5.74, 6) is -0.670. The van der Waals surface area contributed by atoms with E-state index < -0.39 is 17.4 Å². The van der Waals surface area contributed by atoms with E-state index in [0.29, 0.717) is 5.69 Å². The quantitative estimate of drug-likeness (QED) is 0.677. The van der Waals surface area contributed by atoms with Gasteiger partial charge in [0.25, 0.3) is 0 Å². The minimum absolute atomic E-state index is 0.265. The molecule has 21 heavy (non-hydrogen) atoms. The number of rotatable bonds is 2. The Morgan fingerprint density at radius 2 is 1.71 bits per heavy atom. The zero-order valence-corrected chi connectivity index (χ0v) is 11.0. The van der Waals surface area contributed by atoms with Gasteiger partial charge < -0.3 is 5.32 Å². The summed E-state index contributed by atoms with van der Waals surface area (Å²) < 4.78 is 0. The number of anilines is 1. The Hall–Kier alpha value is -2.69. The van der Waals surface area contributed by atoms with Gasteiger partial charge in [0.2, 0.25) is 11.9 Å². The van der Waals surface area contributed by atoms with Crippen LogP contribution in [-0.2, 0) is 10.2 Å². The summed E-state index contributed by atoms with van der Waals surface area (Å²) in [4.78, 5) is 23.7. The molecule has 1 heterocycles. The third-order valence-corrected chi connectivity index (χ3v) is 4.55. The molecule has 1 aliphatic carbocycles. The van der Waals surface area contributed by atoms with Gasteiger partial charge in [-0.15, -0.1) is 0 Å². The van der Waals surface area contributed by atoms with Crippen LogP contribution < -0.4 is 5.32 Å². The van der Waals surface area contributed by atoms with Crippen LogP contribution in [-0.4, -0.2) is 16.9 Å². The Morgan fingerprint density at radius 1 is 1.05 bits per heavy atom. The molecule has 1 saturated carbocycles. The zero-order chi connectivity index (χ0) is 14.6. The number of nitro groups is 1. The van der Waals surface area contributed by atoms with Crippen molar-refractivity contribution in [1.82, 2.24) is 0 Å². The van der Waals surface area contributed by atoms with Gasteiger partial charge in [0.15, 0.2) is 5.41 Å². The summed E-state index contributed by atoms with van der Waals surface area (Å²) in [6.07, 6.45) is 0. The van der Waals surface area contributed by atoms with Crippen molar-refractivity contribution < 1.29 is 9.72 Å². The average Bonchev–Trinajstić information content (AvgIpc) is 3.12. The molecule has 5 heteroatoms. The number of nitrogens with one attached hydrogen (secondary N) is 1. The molecule has 0 unspecified atom stereocenters. The van der Waals surface area contributed by atoms with Gasteiger partial charge in [0, 0.05) is 10.6 Å². The Kier molecular flexibility index (Phi) is 2.25. The smallest absolute Gasteiger partial charge is 0.243 e. The second-order valence-electron chi connectivity index (χ2n) is 5.49. The van der Waals surface area contributed by atoms with Crippen LogP contribution >= 0.6 is 0 Å². The van der Waals surface area contributed by atoms with E-state index in [1.54, 1.807) is 6.07 Å². The maximum atomic E-state index is 12.5. The lowest BCUT2D eigenvalue weighted by Gasteiger charge is -2.05. The van der Waals surface area contributed by atoms with E-state index >= 15 is 0 Å². The van der Waals surface area contributed by atoms with Crippen molar-refractivity contribution in [3.05, 3.63) is 75.8 Å². The lowest BCUT2D eigenvalue weighted by atomic mass is 9.92. The molecular formula is C16H12N2O3. The van der Waals surface area contributed by atoms with Gasteiger partial charge >= 0.3 is 0 Å². The summed E-state index contributed by atoms with van der Waals surface area (Å²) >= 11 is 0. The number of carbonyl (C=O) groups is 1. The van der Waals surface area contributed by atoms with Crippen molar-refractivity contribution >= 4 is 11.6 Å². The van der Waals surface area contributed by atoms with E-state index in [9.17, 15) is 14.9 Å². The highest BCUT2D eigenvalue weighted by atomic mass is 16.6. The van der Waals surface area contributed by atoms with Gasteiger partial charge in [0.1, 0.15) is 0 Å². The molecule has 1 amide bonds. The molecule has 0 radical (unpaired) electrons. The van der Waals surface area contributed by atoms with Crippen LogP contribution in [0.4, 0.5) is 5.69 Å². The van der Waals surface area contributed by atoms with Gasteiger partial charge in [-0.2, -0.15) is 0 Å². The third-order valence-electron chi connectivity index (χ3n) is 4.55. The Bertz CT molecular complexity index is 759. The summed E-state index contributed by atoms with van der Waals surface area (Å²) in [5, 5.41) is 14.3. The Morgan fingerprint density at radius 3 is 2.43 bits per heavy atom. The number of hydrogen-bond donors (Lipinski definition) is 1. The first-order valence-corrected chi connectivity index (χ1v) is 6.76. The molecule has 1 fully saturated rings. The average molecular weight is 280 g/mol. The molecule has 2 aromatic rings. The maximum Gasteiger partial charge on any atom is 0.243 e. The monoisotopic (exact) mass is 280 g/mol. The molecule has 2 aliphatic rings. The number of amides is 1. The number of nitrogens with zero attached hydrogens (tertiary/aromatic N) is 1. The predicted molar refractivity (Wildman–Crippen MR) is 76.7 cm³/mol. The maximum absolute atomic E-state index is 12.5. The van der Waals surface area contributed by atoms with E-state index in [1.807, 2.05) is 48.5 Å². The second kappa shape index (κ2) is 3.91. The Balaban J connectivity index is 1.91. The molecule has 1 N–H and O–H groups in total. The van der Waals surface area contributed by atoms with Gasteiger partial charge in [-0.1, -0.05) is 48.5 Å². The van der Waals surface area contributed by atoms with Crippen molar-refractivity contribution in [2.45, 2.75) is 17.4 Å². The van der Waals surface area contributed by atoms with Gasteiger partial charge in [-0.05, 0) is 17.2 Å². The molecule has 5 nitrogen and oxygen atoms in total. The van der Waals surface area contributed by atoms with Crippen LogP contribution in [0.2, 0.25) is 0 Å². The molecule has 1 spiro atoms. The fourth-order valence-corrected chi connectivity index (χ4v) is 3.67. The van der Waals surface area contributed by atoms with Gasteiger partial charge in [-0.3, -0.25) is 14.9 Å². The Labute approximate surface area is 120 Å². The van der Waals surface area contributed by atoms with Crippen LogP contribution in [0.5, 0.6) is 0 Å². The van der Waals surface area contributed by atoms with E-state index in [4.69, 9.17) is 0 Å². The molecule has 0 saturated heterocycles. The molecule has 4 rings (SSSR count). The number of hydrogen-bond acceptors (Lipinski definition) is 3. The van der Waals surface area contributed by atoms with Gasteiger partial charge in [-0.25, -0.2) is 0 Å². The molecule has 104 valence electrons.